The summed E-state index contributed by atoms with van der Waals surface area (Å²) in [6, 6.07) is 16.3. The number of benzene rings is 1. The first-order chi connectivity index (χ1) is 25.9. The molecule has 1 fully saturated rings. The van der Waals surface area contributed by atoms with Crippen LogP contribution in [0.5, 0.6) is 0 Å². The van der Waals surface area contributed by atoms with Gasteiger partial charge in [-0.2, -0.15) is 9.61 Å². The molecular formula is C42H64N6O5Si2. The Hall–Kier alpha value is -3.63. The minimum atomic E-state index is -1.33. The van der Waals surface area contributed by atoms with E-state index < -0.39 is 21.7 Å². The number of fused-ring (bicyclic) bond motifs is 1. The molecule has 1 aliphatic rings. The van der Waals surface area contributed by atoms with Crippen LogP contribution >= 0.6 is 0 Å². The molecule has 4 aromatic rings. The molecule has 1 N–H and O–H groups in total. The smallest absolute Gasteiger partial charge is 0.410 e. The van der Waals surface area contributed by atoms with Crippen LogP contribution in [-0.4, -0.2) is 96.2 Å². The van der Waals surface area contributed by atoms with Gasteiger partial charge < -0.3 is 29.1 Å². The minimum Gasteiger partial charge on any atom is -0.444 e. The molecule has 4 heterocycles. The molecule has 2 unspecified atom stereocenters. The SMILES string of the molecule is CC1CCC(CCc2nc3c(-c4ccc(-c5ccccc5)nc4)cnn3c(N(COCC[Si](C)(C)C)COCC[Si](C)(C)C)c2CO)N1C(=O)OC(C)(C)C. The maximum Gasteiger partial charge on any atom is 0.410 e. The van der Waals surface area contributed by atoms with E-state index in [-0.39, 0.29) is 38.2 Å². The lowest BCUT2D eigenvalue weighted by Crippen LogP contribution is -2.43. The van der Waals surface area contributed by atoms with Gasteiger partial charge in [0.25, 0.3) is 0 Å². The fourth-order valence-corrected chi connectivity index (χ4v) is 8.37. The van der Waals surface area contributed by atoms with E-state index in [2.05, 4.69) is 69.3 Å². The van der Waals surface area contributed by atoms with Crippen LogP contribution in [0.25, 0.3) is 28.0 Å². The third-order valence-corrected chi connectivity index (χ3v) is 13.4. The number of nitrogens with zero attached hydrogens (tertiary/aromatic N) is 6. The lowest BCUT2D eigenvalue weighted by molar-refractivity contribution is 0.0153. The Morgan fingerprint density at radius 1 is 0.909 bits per heavy atom. The number of amides is 1. The Morgan fingerprint density at radius 2 is 1.56 bits per heavy atom. The molecule has 1 amide bonds. The number of hydrogen-bond donors (Lipinski definition) is 1. The van der Waals surface area contributed by atoms with E-state index in [0.29, 0.717) is 43.1 Å². The van der Waals surface area contributed by atoms with Crippen LogP contribution in [0.3, 0.4) is 0 Å². The van der Waals surface area contributed by atoms with Gasteiger partial charge in [0.2, 0.25) is 0 Å². The molecule has 55 heavy (non-hydrogen) atoms. The Bertz CT molecular complexity index is 1830. The second-order valence-electron chi connectivity index (χ2n) is 18.4. The molecular weight excluding hydrogens is 725 g/mol. The first-order valence-electron chi connectivity index (χ1n) is 19.9. The number of likely N-dealkylation sites (tertiary alicyclic amines) is 1. The van der Waals surface area contributed by atoms with Crippen molar-refractivity contribution in [3.05, 3.63) is 66.1 Å². The molecule has 300 valence electrons. The summed E-state index contributed by atoms with van der Waals surface area (Å²) in [4.78, 5) is 27.4. The Labute approximate surface area is 330 Å². The lowest BCUT2D eigenvalue weighted by atomic mass is 10.0. The number of carbonyl (C=O) groups is 1. The van der Waals surface area contributed by atoms with Crippen LogP contribution in [0.15, 0.2) is 54.9 Å². The van der Waals surface area contributed by atoms with Crippen molar-refractivity contribution in [3.63, 3.8) is 0 Å². The summed E-state index contributed by atoms with van der Waals surface area (Å²) >= 11 is 0. The fourth-order valence-electron chi connectivity index (χ4n) is 6.85. The summed E-state index contributed by atoms with van der Waals surface area (Å²) in [6.45, 7) is 23.4. The molecule has 0 radical (unpaired) electrons. The van der Waals surface area contributed by atoms with Gasteiger partial charge in [0.05, 0.1) is 24.2 Å². The van der Waals surface area contributed by atoms with Crippen LogP contribution in [0.2, 0.25) is 51.4 Å². The molecule has 11 nitrogen and oxygen atoms in total. The standard InChI is InChI=1S/C42H64N6O5Si2/c1-31-16-18-34(47(31)41(50)53-42(2,3)4)19-21-38-36(28-49)40(46(29-51-22-24-54(5,6)7)30-52-23-25-55(8,9)10)48-39(45-38)35(27-44-48)33-17-20-37(43-26-33)32-14-12-11-13-15-32/h11-15,17,20,26-27,31,34,49H,16,18-19,21-25,28-30H2,1-10H3. The number of hydrogen-bond acceptors (Lipinski definition) is 9. The van der Waals surface area contributed by atoms with Crippen LogP contribution in [-0.2, 0) is 27.2 Å². The number of aliphatic hydroxyl groups is 1. The summed E-state index contributed by atoms with van der Waals surface area (Å²) in [5.74, 6) is 0.701. The van der Waals surface area contributed by atoms with Gasteiger partial charge in [-0.25, -0.2) is 9.78 Å². The van der Waals surface area contributed by atoms with Gasteiger partial charge in [-0.1, -0.05) is 75.7 Å². The first-order valence-corrected chi connectivity index (χ1v) is 27.3. The second-order valence-corrected chi connectivity index (χ2v) is 29.6. The van der Waals surface area contributed by atoms with E-state index >= 15 is 0 Å². The molecule has 5 rings (SSSR count). The monoisotopic (exact) mass is 788 g/mol. The number of aryl methyl sites for hydroxylation is 1. The van der Waals surface area contributed by atoms with Crippen LogP contribution < -0.4 is 4.90 Å². The van der Waals surface area contributed by atoms with Crippen molar-refractivity contribution < 1.29 is 24.1 Å². The summed E-state index contributed by atoms with van der Waals surface area (Å²) < 4.78 is 20.4. The number of aliphatic hydroxyl groups excluding tert-OH is 1. The van der Waals surface area contributed by atoms with Crippen LogP contribution in [0, 0.1) is 0 Å². The molecule has 3 aromatic heterocycles. The average molecular weight is 789 g/mol. The highest BCUT2D eigenvalue weighted by molar-refractivity contribution is 6.76. The number of pyridine rings is 1. The number of aromatic nitrogens is 4. The van der Waals surface area contributed by atoms with E-state index in [9.17, 15) is 9.90 Å². The molecule has 0 aliphatic carbocycles. The van der Waals surface area contributed by atoms with Crippen molar-refractivity contribution in [3.8, 4) is 22.4 Å². The zero-order valence-corrected chi connectivity index (χ0v) is 36.9. The largest absolute Gasteiger partial charge is 0.444 e. The lowest BCUT2D eigenvalue weighted by Gasteiger charge is -2.32. The van der Waals surface area contributed by atoms with Gasteiger partial charge >= 0.3 is 6.09 Å². The van der Waals surface area contributed by atoms with Gasteiger partial charge in [-0.05, 0) is 71.5 Å². The van der Waals surface area contributed by atoms with E-state index in [1.54, 1.807) is 0 Å². The zero-order chi connectivity index (χ0) is 40.0. The average Bonchev–Trinajstić information content (AvgIpc) is 3.71. The molecule has 0 bridgehead atoms. The first kappa shape index (κ1) is 42.5. The van der Waals surface area contributed by atoms with E-state index in [4.69, 9.17) is 29.3 Å². The summed E-state index contributed by atoms with van der Waals surface area (Å²) in [6.07, 6.45) is 6.43. The van der Waals surface area contributed by atoms with Gasteiger partial charge in [0.1, 0.15) is 24.9 Å². The molecule has 1 aromatic carbocycles. The molecule has 1 aliphatic heterocycles. The Kier molecular flexibility index (Phi) is 14.0. The highest BCUT2D eigenvalue weighted by Gasteiger charge is 2.37. The molecule has 2 atom stereocenters. The maximum atomic E-state index is 13.4. The predicted molar refractivity (Wildman–Crippen MR) is 227 cm³/mol. The molecule has 0 spiro atoms. The van der Waals surface area contributed by atoms with Crippen molar-refractivity contribution >= 4 is 33.7 Å². The van der Waals surface area contributed by atoms with Crippen molar-refractivity contribution in [2.24, 2.45) is 0 Å². The van der Waals surface area contributed by atoms with Gasteiger partial charge in [-0.15, -0.1) is 0 Å². The summed E-state index contributed by atoms with van der Waals surface area (Å²) in [5, 5.41) is 16.1. The van der Waals surface area contributed by atoms with Crippen molar-refractivity contribution in [1.82, 2.24) is 24.5 Å². The van der Waals surface area contributed by atoms with Crippen molar-refractivity contribution in [1.29, 1.82) is 0 Å². The van der Waals surface area contributed by atoms with E-state index in [0.717, 1.165) is 53.0 Å². The molecule has 13 heteroatoms. The zero-order valence-electron chi connectivity index (χ0n) is 34.9. The Balaban J connectivity index is 1.56. The van der Waals surface area contributed by atoms with Gasteiger partial charge in [0, 0.05) is 69.9 Å². The summed E-state index contributed by atoms with van der Waals surface area (Å²) in [7, 11) is -2.66. The minimum absolute atomic E-state index is 0.0112. The third-order valence-electron chi connectivity index (χ3n) is 10.00. The maximum absolute atomic E-state index is 13.4. The fraction of sp³-hybridized carbons (Fsp3) is 0.571. The molecule has 0 saturated carbocycles. The van der Waals surface area contributed by atoms with E-state index in [1.807, 2.05) is 66.8 Å². The number of rotatable bonds is 17. The Morgan fingerprint density at radius 3 is 2.13 bits per heavy atom. The number of carbonyl (C=O) groups excluding carboxylic acids is 1. The quantitative estimate of drug-likeness (QED) is 0.0636. The normalized spacial score (nSPS) is 16.6. The highest BCUT2D eigenvalue weighted by Crippen LogP contribution is 2.34. The number of ether oxygens (including phenoxy) is 3. The van der Waals surface area contributed by atoms with E-state index in [1.165, 1.54) is 0 Å². The topological polar surface area (TPSA) is 115 Å². The third kappa shape index (κ3) is 11.7. The molecule has 1 saturated heterocycles. The number of anilines is 1. The van der Waals surface area contributed by atoms with Crippen LogP contribution in [0.1, 0.15) is 58.2 Å². The van der Waals surface area contributed by atoms with Gasteiger partial charge in [0.15, 0.2) is 5.65 Å². The highest BCUT2D eigenvalue weighted by atomic mass is 28.3. The van der Waals surface area contributed by atoms with Crippen LogP contribution in [0.4, 0.5) is 10.6 Å². The van der Waals surface area contributed by atoms with Crippen molar-refractivity contribution in [2.75, 3.05) is 31.6 Å². The van der Waals surface area contributed by atoms with Crippen molar-refractivity contribution in [2.45, 2.75) is 129 Å². The predicted octanol–water partition coefficient (Wildman–Crippen LogP) is 9.10. The van der Waals surface area contributed by atoms with Gasteiger partial charge in [-0.3, -0.25) is 4.98 Å². The second kappa shape index (κ2) is 18.1. The summed E-state index contributed by atoms with van der Waals surface area (Å²) in [5.41, 5.74) is 5.17.